The van der Waals surface area contributed by atoms with E-state index in [0.29, 0.717) is 13.0 Å². The first kappa shape index (κ1) is 19.9. The molecule has 1 fully saturated rings. The molecule has 0 bridgehead atoms. The summed E-state index contributed by atoms with van der Waals surface area (Å²) in [4.78, 5) is 35.7. The molecule has 29 heavy (non-hydrogen) atoms. The molecule has 1 amide bonds. The fourth-order valence-corrected chi connectivity index (χ4v) is 4.74. The zero-order valence-corrected chi connectivity index (χ0v) is 18.0. The van der Waals surface area contributed by atoms with Crippen molar-refractivity contribution in [1.82, 2.24) is 14.9 Å². The molecular formula is C24H31N3O2. The van der Waals surface area contributed by atoms with E-state index in [-0.39, 0.29) is 22.3 Å². The summed E-state index contributed by atoms with van der Waals surface area (Å²) in [6.07, 6.45) is 4.04. The van der Waals surface area contributed by atoms with Crippen LogP contribution in [0.15, 0.2) is 29.1 Å². The molecule has 1 atom stereocenters. The Bertz CT molecular complexity index is 985. The minimum Gasteiger partial charge on any atom is -0.341 e. The molecule has 1 aliphatic carbocycles. The molecule has 1 spiro atoms. The van der Waals surface area contributed by atoms with Gasteiger partial charge in [0, 0.05) is 29.5 Å². The number of carbonyl (C=O) groups is 1. The largest absolute Gasteiger partial charge is 0.341 e. The number of amides is 1. The van der Waals surface area contributed by atoms with Gasteiger partial charge in [-0.25, -0.2) is 4.98 Å². The maximum absolute atomic E-state index is 13.0. The van der Waals surface area contributed by atoms with Crippen LogP contribution < -0.4 is 5.56 Å². The quantitative estimate of drug-likeness (QED) is 0.850. The second-order valence-corrected chi connectivity index (χ2v) is 9.85. The molecule has 1 aromatic carbocycles. The molecule has 2 aromatic rings. The van der Waals surface area contributed by atoms with Crippen molar-refractivity contribution in [2.45, 2.75) is 70.6 Å². The van der Waals surface area contributed by atoms with Gasteiger partial charge in [0.2, 0.25) is 5.91 Å². The van der Waals surface area contributed by atoms with Crippen molar-refractivity contribution in [3.05, 3.63) is 62.8 Å². The molecule has 1 saturated heterocycles. The van der Waals surface area contributed by atoms with Crippen LogP contribution in [-0.2, 0) is 28.5 Å². The second-order valence-electron chi connectivity index (χ2n) is 9.85. The number of piperidine rings is 1. The Morgan fingerprint density at radius 2 is 1.93 bits per heavy atom. The van der Waals surface area contributed by atoms with Crippen molar-refractivity contribution in [3.8, 4) is 0 Å². The fourth-order valence-electron chi connectivity index (χ4n) is 4.74. The number of rotatable bonds is 2. The smallest absolute Gasteiger partial charge is 0.254 e. The Hall–Kier alpha value is -2.43. The third kappa shape index (κ3) is 3.75. The van der Waals surface area contributed by atoms with Crippen LogP contribution in [0.1, 0.15) is 68.2 Å². The van der Waals surface area contributed by atoms with Crippen LogP contribution in [-0.4, -0.2) is 33.9 Å². The molecule has 2 heterocycles. The summed E-state index contributed by atoms with van der Waals surface area (Å²) < 4.78 is 0. The van der Waals surface area contributed by atoms with Gasteiger partial charge in [-0.3, -0.25) is 9.59 Å². The van der Waals surface area contributed by atoms with E-state index in [2.05, 4.69) is 44.8 Å². The van der Waals surface area contributed by atoms with Gasteiger partial charge in [0.15, 0.2) is 0 Å². The lowest BCUT2D eigenvalue weighted by Gasteiger charge is -2.41. The van der Waals surface area contributed by atoms with Crippen LogP contribution in [0.5, 0.6) is 0 Å². The van der Waals surface area contributed by atoms with E-state index in [1.807, 2.05) is 17.0 Å². The zero-order valence-electron chi connectivity index (χ0n) is 18.0. The summed E-state index contributed by atoms with van der Waals surface area (Å²) in [6, 6.07) is 8.18. The molecule has 1 unspecified atom stereocenters. The van der Waals surface area contributed by atoms with E-state index >= 15 is 0 Å². The normalized spacial score (nSPS) is 21.4. The van der Waals surface area contributed by atoms with Crippen molar-refractivity contribution < 1.29 is 4.79 Å². The highest BCUT2D eigenvalue weighted by atomic mass is 16.2. The van der Waals surface area contributed by atoms with Crippen LogP contribution in [0.2, 0.25) is 0 Å². The van der Waals surface area contributed by atoms with Gasteiger partial charge >= 0.3 is 0 Å². The lowest BCUT2D eigenvalue weighted by atomic mass is 9.77. The number of nitrogens with one attached hydrogen (secondary N) is 1. The summed E-state index contributed by atoms with van der Waals surface area (Å²) in [7, 11) is 0. The lowest BCUT2D eigenvalue weighted by molar-refractivity contribution is -0.132. The van der Waals surface area contributed by atoms with Crippen molar-refractivity contribution in [2.75, 3.05) is 13.1 Å². The maximum atomic E-state index is 13.0. The SMILES string of the molecule is Cc1ccc(CC(=O)N2CCCC3(CCc4c3nc(C(C)(C)C)[nH]c4=O)C2)cc1. The Balaban J connectivity index is 1.60. The molecule has 1 N–H and O–H groups in total. The maximum Gasteiger partial charge on any atom is 0.254 e. The molecule has 4 rings (SSSR count). The van der Waals surface area contributed by atoms with Gasteiger partial charge in [0.05, 0.1) is 12.1 Å². The van der Waals surface area contributed by atoms with Gasteiger partial charge in [0.25, 0.3) is 5.56 Å². The second kappa shape index (κ2) is 7.12. The minimum atomic E-state index is -0.215. The predicted molar refractivity (Wildman–Crippen MR) is 114 cm³/mol. The molecular weight excluding hydrogens is 362 g/mol. The summed E-state index contributed by atoms with van der Waals surface area (Å²) in [5, 5.41) is 0. The van der Waals surface area contributed by atoms with Crippen molar-refractivity contribution >= 4 is 5.91 Å². The van der Waals surface area contributed by atoms with Crippen molar-refractivity contribution in [1.29, 1.82) is 0 Å². The van der Waals surface area contributed by atoms with Crippen LogP contribution in [0.25, 0.3) is 0 Å². The average molecular weight is 394 g/mol. The van der Waals surface area contributed by atoms with Gasteiger partial charge in [-0.05, 0) is 38.2 Å². The van der Waals surface area contributed by atoms with Crippen molar-refractivity contribution in [3.63, 3.8) is 0 Å². The molecule has 1 aliphatic heterocycles. The number of aryl methyl sites for hydroxylation is 1. The number of nitrogens with zero attached hydrogens (tertiary/aromatic N) is 2. The molecule has 5 nitrogen and oxygen atoms in total. The van der Waals surface area contributed by atoms with E-state index in [1.165, 1.54) is 5.56 Å². The van der Waals surface area contributed by atoms with Gasteiger partial charge < -0.3 is 9.88 Å². The summed E-state index contributed by atoms with van der Waals surface area (Å²) in [6.45, 7) is 9.71. The van der Waals surface area contributed by atoms with E-state index in [9.17, 15) is 9.59 Å². The highest BCUT2D eigenvalue weighted by molar-refractivity contribution is 5.79. The molecule has 1 aromatic heterocycles. The van der Waals surface area contributed by atoms with Crippen LogP contribution in [0.3, 0.4) is 0 Å². The fraction of sp³-hybridized carbons (Fsp3) is 0.542. The highest BCUT2D eigenvalue weighted by Gasteiger charge is 2.46. The Labute approximate surface area is 172 Å². The number of hydrogen-bond acceptors (Lipinski definition) is 3. The third-order valence-electron chi connectivity index (χ3n) is 6.49. The molecule has 154 valence electrons. The minimum absolute atomic E-state index is 0.0000876. The number of fused-ring (bicyclic) bond motifs is 2. The summed E-state index contributed by atoms with van der Waals surface area (Å²) in [5.41, 5.74) is 3.63. The topological polar surface area (TPSA) is 66.1 Å². The standard InChI is InChI=1S/C24H31N3O2/c1-16-6-8-17(9-7-16)14-19(28)27-13-5-11-24(15-27)12-10-18-20(24)25-22(23(2,3)4)26-21(18)29/h6-9H,5,10-15H2,1-4H3,(H,25,26,29). The number of hydrogen-bond donors (Lipinski definition) is 1. The van der Waals surface area contributed by atoms with E-state index < -0.39 is 0 Å². The molecule has 0 radical (unpaired) electrons. The number of aromatic nitrogens is 2. The zero-order chi connectivity index (χ0) is 20.8. The van der Waals surface area contributed by atoms with Crippen molar-refractivity contribution in [2.24, 2.45) is 0 Å². The number of aromatic amines is 1. The Morgan fingerprint density at radius 1 is 1.21 bits per heavy atom. The number of H-pyrrole nitrogens is 1. The highest BCUT2D eigenvalue weighted by Crippen LogP contribution is 2.43. The first-order chi connectivity index (χ1) is 13.7. The summed E-state index contributed by atoms with van der Waals surface area (Å²) in [5.74, 6) is 0.910. The first-order valence-electron chi connectivity index (χ1n) is 10.7. The van der Waals surface area contributed by atoms with Crippen LogP contribution >= 0.6 is 0 Å². The van der Waals surface area contributed by atoms with Crippen LogP contribution in [0.4, 0.5) is 0 Å². The monoisotopic (exact) mass is 393 g/mol. The molecule has 5 heteroatoms. The first-order valence-corrected chi connectivity index (χ1v) is 10.7. The van der Waals surface area contributed by atoms with E-state index in [1.54, 1.807) is 0 Å². The Morgan fingerprint density at radius 3 is 2.62 bits per heavy atom. The van der Waals surface area contributed by atoms with Crippen LogP contribution in [0, 0.1) is 6.92 Å². The Kier molecular flexibility index (Phi) is 4.88. The summed E-state index contributed by atoms with van der Waals surface area (Å²) >= 11 is 0. The molecule has 0 saturated carbocycles. The average Bonchev–Trinajstić information content (AvgIpc) is 3.01. The number of likely N-dealkylation sites (tertiary alicyclic amines) is 1. The third-order valence-corrected chi connectivity index (χ3v) is 6.49. The number of benzene rings is 1. The number of carbonyl (C=O) groups excluding carboxylic acids is 1. The molecule has 2 aliphatic rings. The lowest BCUT2D eigenvalue weighted by Crippen LogP contribution is -2.48. The van der Waals surface area contributed by atoms with E-state index in [4.69, 9.17) is 4.98 Å². The predicted octanol–water partition coefficient (Wildman–Crippen LogP) is 3.42. The van der Waals surface area contributed by atoms with Gasteiger partial charge in [0.1, 0.15) is 5.82 Å². The van der Waals surface area contributed by atoms with Gasteiger partial charge in [-0.2, -0.15) is 0 Å². The van der Waals surface area contributed by atoms with Gasteiger partial charge in [-0.15, -0.1) is 0 Å². The van der Waals surface area contributed by atoms with Gasteiger partial charge in [-0.1, -0.05) is 50.6 Å². The van der Waals surface area contributed by atoms with E-state index in [0.717, 1.165) is 54.9 Å².